The van der Waals surface area contributed by atoms with Crippen molar-refractivity contribution in [1.29, 1.82) is 0 Å². The lowest BCUT2D eigenvalue weighted by atomic mass is 10.2. The molecule has 2 aromatic rings. The summed E-state index contributed by atoms with van der Waals surface area (Å²) in [6.07, 6.45) is -2.86. The molecular weight excluding hydrogens is 389 g/mol. The number of rotatable bonds is 5. The summed E-state index contributed by atoms with van der Waals surface area (Å²) in [4.78, 5) is 11.2. The Kier molecular flexibility index (Phi) is 5.66. The monoisotopic (exact) mass is 400 g/mol. The Morgan fingerprint density at radius 3 is 1.83 bits per heavy atom. The fourth-order valence-corrected chi connectivity index (χ4v) is 2.07. The van der Waals surface area contributed by atoms with E-state index in [1.807, 2.05) is 0 Å². The van der Waals surface area contributed by atoms with Crippen LogP contribution in [0.1, 0.15) is 12.5 Å². The zero-order valence-electron chi connectivity index (χ0n) is 12.4. The van der Waals surface area contributed by atoms with E-state index in [0.717, 1.165) is 12.1 Å². The van der Waals surface area contributed by atoms with Gasteiger partial charge >= 0.3 is 6.18 Å². The van der Waals surface area contributed by atoms with Crippen LogP contribution < -0.4 is 9.47 Å². The summed E-state index contributed by atoms with van der Waals surface area (Å²) in [6.45, 7) is 1.66. The van der Waals surface area contributed by atoms with E-state index in [1.165, 1.54) is 18.2 Å². The third-order valence-electron chi connectivity index (χ3n) is 2.92. The highest BCUT2D eigenvalue weighted by molar-refractivity contribution is 9.18. The first-order valence-electron chi connectivity index (χ1n) is 6.79. The summed E-state index contributed by atoms with van der Waals surface area (Å²) in [5.74, 6) is 1.28. The molecule has 2 aromatic carbocycles. The number of allylic oxidation sites excluding steroid dienone is 2. The van der Waals surface area contributed by atoms with E-state index in [1.54, 1.807) is 31.2 Å². The number of carbonyl (C=O) groups is 1. The molecule has 0 saturated carbocycles. The van der Waals surface area contributed by atoms with Crippen LogP contribution in [0.3, 0.4) is 0 Å². The average Bonchev–Trinajstić information content (AvgIpc) is 2.53. The third-order valence-corrected chi connectivity index (χ3v) is 3.32. The largest absolute Gasteiger partial charge is 0.457 e. The Hall–Kier alpha value is -2.28. The number of ether oxygens (including phenoxy) is 2. The van der Waals surface area contributed by atoms with Crippen LogP contribution in [0.25, 0.3) is 0 Å². The minimum absolute atomic E-state index is 0.145. The molecule has 0 spiro atoms. The molecule has 0 aliphatic rings. The summed E-state index contributed by atoms with van der Waals surface area (Å²) >= 11 is 2.80. The minimum Gasteiger partial charge on any atom is -0.457 e. The smallest absolute Gasteiger partial charge is 0.416 e. The van der Waals surface area contributed by atoms with E-state index in [-0.39, 0.29) is 16.2 Å². The highest BCUT2D eigenvalue weighted by Crippen LogP contribution is 2.31. The first-order chi connectivity index (χ1) is 11.3. The Morgan fingerprint density at radius 1 is 0.958 bits per heavy atom. The Morgan fingerprint density at radius 2 is 1.42 bits per heavy atom. The van der Waals surface area contributed by atoms with E-state index in [4.69, 9.17) is 9.47 Å². The number of halogens is 4. The van der Waals surface area contributed by atoms with Gasteiger partial charge in [0.05, 0.1) is 5.56 Å². The summed E-state index contributed by atoms with van der Waals surface area (Å²) < 4.78 is 47.9. The van der Waals surface area contributed by atoms with Gasteiger partial charge < -0.3 is 9.47 Å². The van der Waals surface area contributed by atoms with Gasteiger partial charge in [-0.1, -0.05) is 0 Å². The van der Waals surface area contributed by atoms with Crippen molar-refractivity contribution in [3.05, 3.63) is 65.9 Å². The zero-order valence-corrected chi connectivity index (χ0v) is 14.0. The number of carbonyl (C=O) groups excluding carboxylic acids is 1. The van der Waals surface area contributed by atoms with Crippen molar-refractivity contribution in [2.24, 2.45) is 0 Å². The van der Waals surface area contributed by atoms with Crippen molar-refractivity contribution in [2.75, 3.05) is 0 Å². The predicted octanol–water partition coefficient (Wildman–Crippen LogP) is 5.70. The summed E-state index contributed by atoms with van der Waals surface area (Å²) in [7, 11) is 0. The van der Waals surface area contributed by atoms with Crippen LogP contribution in [0, 0.1) is 0 Å². The molecule has 0 fully saturated rings. The number of hydrogen-bond acceptors (Lipinski definition) is 3. The van der Waals surface area contributed by atoms with Gasteiger partial charge in [-0.25, -0.2) is 0 Å². The van der Waals surface area contributed by atoms with Crippen molar-refractivity contribution in [1.82, 2.24) is 0 Å². The third kappa shape index (κ3) is 4.86. The van der Waals surface area contributed by atoms with Gasteiger partial charge in [0.15, 0.2) is 5.76 Å². The van der Waals surface area contributed by atoms with Crippen molar-refractivity contribution >= 4 is 20.6 Å². The molecule has 0 saturated heterocycles. The second-order valence-corrected chi connectivity index (χ2v) is 5.34. The fourth-order valence-electron chi connectivity index (χ4n) is 1.76. The fraction of sp³-hybridized carbons (Fsp3) is 0.118. The molecule has 126 valence electrons. The maximum absolute atomic E-state index is 12.5. The van der Waals surface area contributed by atoms with E-state index in [0.29, 0.717) is 11.5 Å². The number of hydrogen-bond donors (Lipinski definition) is 0. The van der Waals surface area contributed by atoms with Crippen LogP contribution in [-0.4, -0.2) is 4.69 Å². The summed E-state index contributed by atoms with van der Waals surface area (Å²) in [6, 6.07) is 10.7. The summed E-state index contributed by atoms with van der Waals surface area (Å²) in [5.41, 5.74) is -0.739. The van der Waals surface area contributed by atoms with Crippen LogP contribution in [0.2, 0.25) is 0 Å². The van der Waals surface area contributed by atoms with Gasteiger partial charge in [0.2, 0.25) is 0 Å². The molecule has 0 amide bonds. The molecule has 0 aliphatic carbocycles. The molecule has 0 heterocycles. The maximum Gasteiger partial charge on any atom is 0.416 e. The molecule has 7 heteroatoms. The second kappa shape index (κ2) is 7.53. The highest BCUT2D eigenvalue weighted by atomic mass is 79.9. The molecule has 2 rings (SSSR count). The molecular formula is C17H12BrF3O3. The maximum atomic E-state index is 12.5. The molecule has 0 aromatic heterocycles. The second-order valence-electron chi connectivity index (χ2n) is 4.62. The Bertz CT molecular complexity index is 735. The average molecular weight is 401 g/mol. The molecule has 0 unspecified atom stereocenters. The molecule has 0 radical (unpaired) electrons. The lowest BCUT2D eigenvalue weighted by Crippen LogP contribution is -2.04. The number of alkyl halides is 3. The first kappa shape index (κ1) is 18.1. The van der Waals surface area contributed by atoms with Crippen LogP contribution >= 0.6 is 15.9 Å². The van der Waals surface area contributed by atoms with Gasteiger partial charge in [-0.2, -0.15) is 13.2 Å². The molecule has 0 aliphatic heterocycles. The quantitative estimate of drug-likeness (QED) is 0.366. The summed E-state index contributed by atoms with van der Waals surface area (Å²) in [5, 5.41) is 0. The molecule has 0 atom stereocenters. The van der Waals surface area contributed by atoms with Gasteiger partial charge in [-0.3, -0.25) is 4.79 Å². The van der Waals surface area contributed by atoms with Gasteiger partial charge in [0.25, 0.3) is 4.69 Å². The number of benzene rings is 2. The van der Waals surface area contributed by atoms with E-state index in [9.17, 15) is 18.0 Å². The SMILES string of the molecule is C/C=C(\Oc1ccc(Oc2ccc(C(F)(F)F)cc2)cc1)C(=O)Br. The van der Waals surface area contributed by atoms with Crippen molar-refractivity contribution < 1.29 is 27.4 Å². The minimum atomic E-state index is -4.38. The van der Waals surface area contributed by atoms with Crippen LogP contribution in [0.15, 0.2) is 60.4 Å². The van der Waals surface area contributed by atoms with Crippen LogP contribution in [0.4, 0.5) is 13.2 Å². The van der Waals surface area contributed by atoms with Gasteiger partial charge in [-0.05, 0) is 61.5 Å². The van der Waals surface area contributed by atoms with E-state index < -0.39 is 11.7 Å². The van der Waals surface area contributed by atoms with Gasteiger partial charge in [-0.15, -0.1) is 0 Å². The van der Waals surface area contributed by atoms with Crippen LogP contribution in [0.5, 0.6) is 17.2 Å². The van der Waals surface area contributed by atoms with Gasteiger partial charge in [0, 0.05) is 15.9 Å². The van der Waals surface area contributed by atoms with Crippen molar-refractivity contribution in [3.8, 4) is 17.2 Å². The topological polar surface area (TPSA) is 35.5 Å². The van der Waals surface area contributed by atoms with Crippen LogP contribution in [-0.2, 0) is 11.0 Å². The standard InChI is InChI=1S/C17H12BrF3O3/c1-2-15(16(18)22)24-14-9-7-13(8-10-14)23-12-5-3-11(4-6-12)17(19,20)21/h2-10H,1H3/b15-2-. The Labute approximate surface area is 144 Å². The normalized spacial score (nSPS) is 12.0. The van der Waals surface area contributed by atoms with E-state index in [2.05, 4.69) is 15.9 Å². The highest BCUT2D eigenvalue weighted by Gasteiger charge is 2.30. The molecule has 0 bridgehead atoms. The Balaban J connectivity index is 2.05. The predicted molar refractivity (Wildman–Crippen MR) is 86.3 cm³/mol. The van der Waals surface area contributed by atoms with Crippen molar-refractivity contribution in [2.45, 2.75) is 13.1 Å². The lowest BCUT2D eigenvalue weighted by molar-refractivity contribution is -0.137. The van der Waals surface area contributed by atoms with E-state index >= 15 is 0 Å². The molecule has 24 heavy (non-hydrogen) atoms. The molecule has 3 nitrogen and oxygen atoms in total. The lowest BCUT2D eigenvalue weighted by Gasteiger charge is -2.10. The zero-order chi connectivity index (χ0) is 17.7. The van der Waals surface area contributed by atoms with Crippen molar-refractivity contribution in [3.63, 3.8) is 0 Å². The first-order valence-corrected chi connectivity index (χ1v) is 7.58. The van der Waals surface area contributed by atoms with Gasteiger partial charge in [0.1, 0.15) is 17.2 Å². The molecule has 0 N–H and O–H groups in total.